The van der Waals surface area contributed by atoms with Gasteiger partial charge in [-0.25, -0.2) is 0 Å². The van der Waals surface area contributed by atoms with Crippen molar-refractivity contribution in [2.24, 2.45) is 0 Å². The Balaban J connectivity index is 1.60. The third-order valence-corrected chi connectivity index (χ3v) is 4.86. The molecular weight excluding hydrogens is 346 g/mol. The lowest BCUT2D eigenvalue weighted by molar-refractivity contribution is 0.0622. The van der Waals surface area contributed by atoms with Crippen LogP contribution in [0, 0.1) is 0 Å². The van der Waals surface area contributed by atoms with E-state index in [1.54, 1.807) is 26.5 Å². The van der Waals surface area contributed by atoms with Crippen molar-refractivity contribution >= 4 is 11.7 Å². The first-order valence-corrected chi connectivity index (χ1v) is 8.93. The molecule has 3 rings (SSSR count). The van der Waals surface area contributed by atoms with E-state index in [0.717, 1.165) is 36.7 Å². The van der Waals surface area contributed by atoms with Gasteiger partial charge in [0.1, 0.15) is 17.2 Å². The van der Waals surface area contributed by atoms with Gasteiger partial charge in [0.25, 0.3) is 5.91 Å². The van der Waals surface area contributed by atoms with Crippen molar-refractivity contribution in [1.29, 1.82) is 0 Å². The van der Waals surface area contributed by atoms with Gasteiger partial charge < -0.3 is 19.4 Å². The molecule has 0 radical (unpaired) electrons. The molecule has 2 aromatic rings. The van der Waals surface area contributed by atoms with Crippen LogP contribution in [0.4, 0.5) is 0 Å². The second kappa shape index (κ2) is 8.26. The molecule has 7 heteroatoms. The molecule has 0 unspecified atom stereocenters. The van der Waals surface area contributed by atoms with Crippen molar-refractivity contribution < 1.29 is 19.1 Å². The van der Waals surface area contributed by atoms with Crippen LogP contribution in [0.5, 0.6) is 11.5 Å². The summed E-state index contributed by atoms with van der Waals surface area (Å²) in [6.45, 7) is 5.04. The van der Waals surface area contributed by atoms with Gasteiger partial charge in [-0.05, 0) is 31.2 Å². The molecule has 0 spiro atoms. The highest BCUT2D eigenvalue weighted by Gasteiger charge is 2.24. The average Bonchev–Trinajstić information content (AvgIpc) is 3.18. The fourth-order valence-electron chi connectivity index (χ4n) is 3.25. The number of hydrogen-bond donors (Lipinski definition) is 1. The van der Waals surface area contributed by atoms with Crippen molar-refractivity contribution in [1.82, 2.24) is 14.8 Å². The monoisotopic (exact) mass is 371 g/mol. The van der Waals surface area contributed by atoms with Gasteiger partial charge in [0.2, 0.25) is 0 Å². The molecule has 27 heavy (non-hydrogen) atoms. The number of aromatic amines is 1. The zero-order chi connectivity index (χ0) is 19.4. The van der Waals surface area contributed by atoms with Crippen LogP contribution in [-0.4, -0.2) is 66.9 Å². The maximum Gasteiger partial charge on any atom is 0.270 e. The average molecular weight is 371 g/mol. The molecule has 1 aromatic heterocycles. The Morgan fingerprint density at radius 2 is 1.81 bits per heavy atom. The van der Waals surface area contributed by atoms with E-state index < -0.39 is 0 Å². The molecule has 1 aliphatic heterocycles. The minimum Gasteiger partial charge on any atom is -0.497 e. The lowest BCUT2D eigenvalue weighted by Crippen LogP contribution is -2.48. The van der Waals surface area contributed by atoms with Gasteiger partial charge in [-0.3, -0.25) is 14.5 Å². The van der Waals surface area contributed by atoms with Gasteiger partial charge in [0, 0.05) is 50.0 Å². The Hall–Kier alpha value is -2.80. The first kappa shape index (κ1) is 19.0. The molecule has 2 heterocycles. The Morgan fingerprint density at radius 3 is 2.41 bits per heavy atom. The van der Waals surface area contributed by atoms with E-state index in [2.05, 4.69) is 9.88 Å². The Kier molecular flexibility index (Phi) is 5.81. The summed E-state index contributed by atoms with van der Waals surface area (Å²) in [5.74, 6) is 1.51. The van der Waals surface area contributed by atoms with Crippen LogP contribution in [0.25, 0.3) is 0 Å². The molecule has 144 valence electrons. The fourth-order valence-corrected chi connectivity index (χ4v) is 3.25. The summed E-state index contributed by atoms with van der Waals surface area (Å²) in [6, 6.07) is 7.40. The third-order valence-electron chi connectivity index (χ3n) is 4.86. The standard InChI is InChI=1S/C20H25N3O4/c1-14(24)15-11-18(21-12-15)20(25)23-8-6-22(7-9-23)13-16-10-17(26-2)4-5-19(16)27-3/h4-5,10-12,21H,6-9,13H2,1-3H3. The predicted octanol–water partition coefficient (Wildman–Crippen LogP) is 2.19. The van der Waals surface area contributed by atoms with E-state index in [4.69, 9.17) is 9.47 Å². The van der Waals surface area contributed by atoms with Gasteiger partial charge in [0.15, 0.2) is 5.78 Å². The topological polar surface area (TPSA) is 74.9 Å². The summed E-state index contributed by atoms with van der Waals surface area (Å²) in [4.78, 5) is 31.0. The largest absolute Gasteiger partial charge is 0.497 e. The fraction of sp³-hybridized carbons (Fsp3) is 0.400. The normalized spacial score (nSPS) is 14.9. The molecule has 1 saturated heterocycles. The quantitative estimate of drug-likeness (QED) is 0.788. The number of piperazine rings is 1. The maximum absolute atomic E-state index is 12.6. The van der Waals surface area contributed by atoms with Crippen LogP contribution < -0.4 is 9.47 Å². The van der Waals surface area contributed by atoms with E-state index >= 15 is 0 Å². The lowest BCUT2D eigenvalue weighted by atomic mass is 10.1. The number of carbonyl (C=O) groups is 2. The molecule has 0 atom stereocenters. The van der Waals surface area contributed by atoms with Crippen LogP contribution in [0.2, 0.25) is 0 Å². The van der Waals surface area contributed by atoms with E-state index in [-0.39, 0.29) is 11.7 Å². The summed E-state index contributed by atoms with van der Waals surface area (Å²) < 4.78 is 10.8. The first-order chi connectivity index (χ1) is 13.0. The van der Waals surface area contributed by atoms with E-state index in [1.165, 1.54) is 6.92 Å². The number of Topliss-reactive ketones (excluding diaryl/α,β-unsaturated/α-hetero) is 1. The van der Waals surface area contributed by atoms with Crippen molar-refractivity contribution in [3.8, 4) is 11.5 Å². The van der Waals surface area contributed by atoms with Crippen LogP contribution in [0.15, 0.2) is 30.5 Å². The highest BCUT2D eigenvalue weighted by atomic mass is 16.5. The number of hydrogen-bond acceptors (Lipinski definition) is 5. The summed E-state index contributed by atoms with van der Waals surface area (Å²) >= 11 is 0. The van der Waals surface area contributed by atoms with Gasteiger partial charge in [-0.1, -0.05) is 0 Å². The number of amides is 1. The number of H-pyrrole nitrogens is 1. The number of aromatic nitrogens is 1. The summed E-state index contributed by atoms with van der Waals surface area (Å²) in [7, 11) is 3.31. The van der Waals surface area contributed by atoms with E-state index in [0.29, 0.717) is 24.3 Å². The number of methoxy groups -OCH3 is 2. The number of benzene rings is 1. The van der Waals surface area contributed by atoms with Crippen LogP contribution in [-0.2, 0) is 6.54 Å². The Bertz CT molecular complexity index is 822. The second-order valence-electron chi connectivity index (χ2n) is 6.60. The number of rotatable bonds is 6. The van der Waals surface area contributed by atoms with Crippen LogP contribution in [0.3, 0.4) is 0 Å². The Labute approximate surface area is 158 Å². The highest BCUT2D eigenvalue weighted by Crippen LogP contribution is 2.25. The molecule has 1 N–H and O–H groups in total. The van der Waals surface area contributed by atoms with Gasteiger partial charge >= 0.3 is 0 Å². The third kappa shape index (κ3) is 4.31. The molecule has 0 saturated carbocycles. The van der Waals surface area contributed by atoms with Gasteiger partial charge in [0.05, 0.1) is 14.2 Å². The van der Waals surface area contributed by atoms with Crippen molar-refractivity contribution in [3.05, 3.63) is 47.3 Å². The molecular formula is C20H25N3O4. The smallest absolute Gasteiger partial charge is 0.270 e. The number of ether oxygens (including phenoxy) is 2. The van der Waals surface area contributed by atoms with E-state index in [1.807, 2.05) is 23.1 Å². The molecule has 1 fully saturated rings. The zero-order valence-corrected chi connectivity index (χ0v) is 15.9. The van der Waals surface area contributed by atoms with Crippen molar-refractivity contribution in [2.45, 2.75) is 13.5 Å². The van der Waals surface area contributed by atoms with Gasteiger partial charge in [-0.2, -0.15) is 0 Å². The minimum atomic E-state index is -0.0684. The molecule has 0 bridgehead atoms. The molecule has 0 aliphatic carbocycles. The number of carbonyl (C=O) groups excluding carboxylic acids is 2. The van der Waals surface area contributed by atoms with Crippen molar-refractivity contribution in [2.75, 3.05) is 40.4 Å². The zero-order valence-electron chi connectivity index (χ0n) is 15.9. The summed E-state index contributed by atoms with van der Waals surface area (Å²) in [5, 5.41) is 0. The maximum atomic E-state index is 12.6. The summed E-state index contributed by atoms with van der Waals surface area (Å²) in [5.41, 5.74) is 2.05. The molecule has 7 nitrogen and oxygen atoms in total. The first-order valence-electron chi connectivity index (χ1n) is 8.93. The Morgan fingerprint density at radius 1 is 1.07 bits per heavy atom. The summed E-state index contributed by atoms with van der Waals surface area (Å²) in [6.07, 6.45) is 1.58. The second-order valence-corrected chi connectivity index (χ2v) is 6.60. The molecule has 1 aliphatic rings. The van der Waals surface area contributed by atoms with Crippen LogP contribution >= 0.6 is 0 Å². The van der Waals surface area contributed by atoms with Crippen molar-refractivity contribution in [3.63, 3.8) is 0 Å². The predicted molar refractivity (Wildman–Crippen MR) is 102 cm³/mol. The molecule has 1 amide bonds. The number of nitrogens with zero attached hydrogens (tertiary/aromatic N) is 2. The SMILES string of the molecule is COc1ccc(OC)c(CN2CCN(C(=O)c3cc(C(C)=O)c[nH]3)CC2)c1. The van der Waals surface area contributed by atoms with E-state index in [9.17, 15) is 9.59 Å². The molecule has 1 aromatic carbocycles. The minimum absolute atomic E-state index is 0.0534. The highest BCUT2D eigenvalue weighted by molar-refractivity contribution is 5.99. The van der Waals surface area contributed by atoms with Gasteiger partial charge in [-0.15, -0.1) is 0 Å². The number of ketones is 1. The lowest BCUT2D eigenvalue weighted by Gasteiger charge is -2.34. The number of nitrogens with one attached hydrogen (secondary N) is 1. The van der Waals surface area contributed by atoms with Crippen LogP contribution in [0.1, 0.15) is 33.3 Å².